The van der Waals surface area contributed by atoms with Crippen molar-refractivity contribution in [1.82, 2.24) is 19.6 Å². The average Bonchev–Trinajstić information content (AvgIpc) is 3.17. The number of furan rings is 1. The minimum Gasteiger partial charge on any atom is -0.461 e. The van der Waals surface area contributed by atoms with Crippen LogP contribution in [-0.4, -0.2) is 46.6 Å². The van der Waals surface area contributed by atoms with E-state index in [1.54, 1.807) is 38.7 Å². The smallest absolute Gasteiger partial charge is 0.256 e. The summed E-state index contributed by atoms with van der Waals surface area (Å²) >= 11 is 0. The van der Waals surface area contributed by atoms with Crippen LogP contribution in [0.5, 0.6) is 0 Å². The number of ether oxygens (including phenoxy) is 2. The van der Waals surface area contributed by atoms with Gasteiger partial charge in [-0.05, 0) is 12.1 Å². The third-order valence-electron chi connectivity index (χ3n) is 3.06. The first-order valence-corrected chi connectivity index (χ1v) is 6.58. The Morgan fingerprint density at radius 1 is 1.36 bits per heavy atom. The van der Waals surface area contributed by atoms with Crippen molar-refractivity contribution < 1.29 is 13.9 Å². The van der Waals surface area contributed by atoms with Gasteiger partial charge in [0.15, 0.2) is 12.1 Å². The minimum atomic E-state index is -0.379. The molecule has 0 amide bonds. The highest BCUT2D eigenvalue weighted by Crippen LogP contribution is 2.19. The molecular formula is C13H16N6O3. The Morgan fingerprint density at radius 2 is 2.18 bits per heavy atom. The number of fused-ring (bicyclic) bond motifs is 1. The van der Waals surface area contributed by atoms with Gasteiger partial charge in [0.1, 0.15) is 11.6 Å². The van der Waals surface area contributed by atoms with Crippen LogP contribution in [0.4, 0.5) is 11.6 Å². The second kappa shape index (κ2) is 6.00. The fraction of sp³-hybridized carbons (Fsp3) is 0.308. The van der Waals surface area contributed by atoms with E-state index in [0.717, 1.165) is 0 Å². The molecule has 22 heavy (non-hydrogen) atoms. The maximum absolute atomic E-state index is 5.98. The summed E-state index contributed by atoms with van der Waals surface area (Å²) < 4.78 is 16.9. The molecule has 116 valence electrons. The van der Waals surface area contributed by atoms with Gasteiger partial charge >= 0.3 is 0 Å². The lowest BCUT2D eigenvalue weighted by Gasteiger charge is -2.14. The highest BCUT2D eigenvalue weighted by atomic mass is 16.7. The van der Waals surface area contributed by atoms with Gasteiger partial charge in [-0.15, -0.1) is 5.10 Å². The van der Waals surface area contributed by atoms with Crippen molar-refractivity contribution in [2.45, 2.75) is 6.29 Å². The number of nitrogens with one attached hydrogen (secondary N) is 1. The highest BCUT2D eigenvalue weighted by Gasteiger charge is 2.13. The van der Waals surface area contributed by atoms with Crippen molar-refractivity contribution >= 4 is 17.4 Å². The highest BCUT2D eigenvalue weighted by molar-refractivity contribution is 5.56. The van der Waals surface area contributed by atoms with Gasteiger partial charge in [-0.2, -0.15) is 14.5 Å². The number of nitrogens with zero attached hydrogens (tertiary/aromatic N) is 4. The molecule has 0 spiro atoms. The Labute approximate surface area is 126 Å². The molecule has 3 aromatic rings. The second-order valence-corrected chi connectivity index (χ2v) is 4.47. The number of anilines is 2. The van der Waals surface area contributed by atoms with Crippen LogP contribution in [0.1, 0.15) is 0 Å². The van der Waals surface area contributed by atoms with E-state index >= 15 is 0 Å². The van der Waals surface area contributed by atoms with Gasteiger partial charge < -0.3 is 24.9 Å². The summed E-state index contributed by atoms with van der Waals surface area (Å²) in [4.78, 5) is 8.66. The van der Waals surface area contributed by atoms with E-state index in [2.05, 4.69) is 20.4 Å². The van der Waals surface area contributed by atoms with E-state index in [4.69, 9.17) is 19.6 Å². The van der Waals surface area contributed by atoms with Crippen LogP contribution in [0.3, 0.4) is 0 Å². The molecule has 9 nitrogen and oxygen atoms in total. The normalized spacial score (nSPS) is 11.4. The Bertz CT molecular complexity index is 751. The minimum absolute atomic E-state index is 0.375. The largest absolute Gasteiger partial charge is 0.461 e. The van der Waals surface area contributed by atoms with Gasteiger partial charge in [0.25, 0.3) is 5.78 Å². The third kappa shape index (κ3) is 2.71. The Kier molecular flexibility index (Phi) is 3.90. The van der Waals surface area contributed by atoms with Gasteiger partial charge in [-0.1, -0.05) is 0 Å². The lowest BCUT2D eigenvalue weighted by atomic mass is 10.4. The Hall–Kier alpha value is -2.65. The van der Waals surface area contributed by atoms with Crippen molar-refractivity contribution in [3.63, 3.8) is 0 Å². The van der Waals surface area contributed by atoms with Gasteiger partial charge in [0.05, 0.1) is 12.8 Å². The number of hydrogen-bond acceptors (Lipinski definition) is 8. The predicted molar refractivity (Wildman–Crippen MR) is 79.2 cm³/mol. The molecule has 0 bridgehead atoms. The summed E-state index contributed by atoms with van der Waals surface area (Å²) in [6.45, 7) is 0.425. The standard InChI is InChI=1S/C13H16N6O3/c1-20-11(21-2)7-15-10-6-9(14)19-13(16-10)17-12(18-19)8-4-3-5-22-8/h3-6,11H,7,14H2,1-2H3,(H,15,16,17,18). The molecule has 9 heteroatoms. The van der Waals surface area contributed by atoms with Crippen molar-refractivity contribution in [2.24, 2.45) is 0 Å². The molecule has 0 atom stereocenters. The number of aromatic nitrogens is 4. The SMILES string of the molecule is COC(CNc1cc(N)n2nc(-c3ccco3)nc2n1)OC. The van der Waals surface area contributed by atoms with E-state index in [9.17, 15) is 0 Å². The monoisotopic (exact) mass is 304 g/mol. The van der Waals surface area contributed by atoms with Crippen molar-refractivity contribution in [3.05, 3.63) is 24.5 Å². The zero-order valence-corrected chi connectivity index (χ0v) is 12.2. The summed E-state index contributed by atoms with van der Waals surface area (Å²) in [5, 5.41) is 7.35. The fourth-order valence-corrected chi connectivity index (χ4v) is 1.94. The van der Waals surface area contributed by atoms with Crippen LogP contribution in [0, 0.1) is 0 Å². The number of methoxy groups -OCH3 is 2. The van der Waals surface area contributed by atoms with Crippen molar-refractivity contribution in [3.8, 4) is 11.6 Å². The number of nitrogens with two attached hydrogens (primary N) is 1. The Morgan fingerprint density at radius 3 is 2.86 bits per heavy atom. The maximum atomic E-state index is 5.98. The van der Waals surface area contributed by atoms with Gasteiger partial charge in [0.2, 0.25) is 5.82 Å². The Balaban J connectivity index is 1.88. The number of rotatable bonds is 6. The third-order valence-corrected chi connectivity index (χ3v) is 3.06. The molecule has 0 aliphatic heterocycles. The zero-order chi connectivity index (χ0) is 15.5. The number of hydrogen-bond donors (Lipinski definition) is 2. The summed E-state index contributed by atoms with van der Waals surface area (Å²) in [7, 11) is 3.13. The topological polar surface area (TPSA) is 113 Å². The molecule has 0 fully saturated rings. The van der Waals surface area contributed by atoms with Crippen LogP contribution < -0.4 is 11.1 Å². The average molecular weight is 304 g/mol. The molecule has 3 heterocycles. The molecule has 3 aromatic heterocycles. The van der Waals surface area contributed by atoms with E-state index in [-0.39, 0.29) is 6.29 Å². The van der Waals surface area contributed by atoms with Gasteiger partial charge in [-0.3, -0.25) is 0 Å². The molecule has 0 aromatic carbocycles. The predicted octanol–water partition coefficient (Wildman–Crippen LogP) is 0.997. The summed E-state index contributed by atoms with van der Waals surface area (Å²) in [6.07, 6.45) is 1.18. The molecule has 0 unspecified atom stereocenters. The lowest BCUT2D eigenvalue weighted by Crippen LogP contribution is -2.24. The molecule has 0 saturated heterocycles. The first-order chi connectivity index (χ1) is 10.7. The van der Waals surface area contributed by atoms with Crippen molar-refractivity contribution in [2.75, 3.05) is 31.8 Å². The molecule has 0 aliphatic carbocycles. The van der Waals surface area contributed by atoms with Crippen LogP contribution in [0.25, 0.3) is 17.4 Å². The number of nitrogen functional groups attached to an aromatic ring is 1. The van der Waals surface area contributed by atoms with Gasteiger partial charge in [0, 0.05) is 20.3 Å². The summed E-state index contributed by atoms with van der Waals surface area (Å²) in [6, 6.07) is 5.20. The van der Waals surface area contributed by atoms with Crippen molar-refractivity contribution in [1.29, 1.82) is 0 Å². The van der Waals surface area contributed by atoms with Crippen LogP contribution in [0.2, 0.25) is 0 Å². The first-order valence-electron chi connectivity index (χ1n) is 6.58. The lowest BCUT2D eigenvalue weighted by molar-refractivity contribution is -0.0914. The van der Waals surface area contributed by atoms with Crippen LogP contribution in [0.15, 0.2) is 28.9 Å². The van der Waals surface area contributed by atoms with E-state index in [0.29, 0.717) is 35.5 Å². The van der Waals surface area contributed by atoms with Crippen LogP contribution >= 0.6 is 0 Å². The second-order valence-electron chi connectivity index (χ2n) is 4.47. The molecular weight excluding hydrogens is 288 g/mol. The van der Waals surface area contributed by atoms with Crippen LogP contribution in [-0.2, 0) is 9.47 Å². The van der Waals surface area contributed by atoms with E-state index in [1.807, 2.05) is 0 Å². The summed E-state index contributed by atoms with van der Waals surface area (Å²) in [5.74, 6) is 2.32. The maximum Gasteiger partial charge on any atom is 0.256 e. The molecule has 3 N–H and O–H groups in total. The molecule has 0 saturated carbocycles. The molecule has 0 aliphatic rings. The fourth-order valence-electron chi connectivity index (χ4n) is 1.94. The van der Waals surface area contributed by atoms with E-state index in [1.165, 1.54) is 4.52 Å². The molecule has 3 rings (SSSR count). The zero-order valence-electron chi connectivity index (χ0n) is 12.2. The first kappa shape index (κ1) is 14.3. The quantitative estimate of drug-likeness (QED) is 0.648. The molecule has 0 radical (unpaired) electrons. The summed E-state index contributed by atoms with van der Waals surface area (Å²) in [5.41, 5.74) is 5.98. The van der Waals surface area contributed by atoms with Gasteiger partial charge in [-0.25, -0.2) is 0 Å². The van der Waals surface area contributed by atoms with E-state index < -0.39 is 0 Å².